The van der Waals surface area contributed by atoms with Crippen molar-refractivity contribution >= 4 is 11.6 Å². The van der Waals surface area contributed by atoms with Crippen molar-refractivity contribution < 1.29 is 9.84 Å². The molecule has 0 spiro atoms. The second kappa shape index (κ2) is 5.60. The van der Waals surface area contributed by atoms with E-state index in [1.165, 1.54) is 5.56 Å². The topological polar surface area (TPSA) is 29.5 Å². The molecule has 2 nitrogen and oxygen atoms in total. The second-order valence-electron chi connectivity index (χ2n) is 5.41. The van der Waals surface area contributed by atoms with Crippen molar-refractivity contribution in [2.24, 2.45) is 11.8 Å². The Morgan fingerprint density at radius 3 is 2.67 bits per heavy atom. The molecule has 0 aliphatic carbocycles. The summed E-state index contributed by atoms with van der Waals surface area (Å²) in [5.74, 6) is 0.602. The predicted octanol–water partition coefficient (Wildman–Crippen LogP) is 3.66. The SMILES string of the molecule is Cc1cc(Cl)c(C(O)C2CCOCC2C)cc1C. The van der Waals surface area contributed by atoms with Gasteiger partial charge in [-0.15, -0.1) is 0 Å². The van der Waals surface area contributed by atoms with E-state index in [-0.39, 0.29) is 5.92 Å². The van der Waals surface area contributed by atoms with Crippen LogP contribution in [0.4, 0.5) is 0 Å². The monoisotopic (exact) mass is 268 g/mol. The molecule has 1 aromatic rings. The lowest BCUT2D eigenvalue weighted by Gasteiger charge is -2.33. The summed E-state index contributed by atoms with van der Waals surface area (Å²) in [6.45, 7) is 7.67. The van der Waals surface area contributed by atoms with Gasteiger partial charge in [0.05, 0.1) is 6.10 Å². The zero-order valence-electron chi connectivity index (χ0n) is 11.2. The molecule has 1 heterocycles. The molecule has 1 aliphatic heterocycles. The third-order valence-electron chi connectivity index (χ3n) is 4.04. The van der Waals surface area contributed by atoms with Gasteiger partial charge >= 0.3 is 0 Å². The fourth-order valence-electron chi connectivity index (χ4n) is 2.63. The number of benzene rings is 1. The second-order valence-corrected chi connectivity index (χ2v) is 5.81. The molecule has 0 amide bonds. The zero-order valence-corrected chi connectivity index (χ0v) is 12.0. The Kier molecular flexibility index (Phi) is 4.31. The molecule has 0 bridgehead atoms. The van der Waals surface area contributed by atoms with E-state index in [9.17, 15) is 5.11 Å². The van der Waals surface area contributed by atoms with E-state index in [1.54, 1.807) is 0 Å². The Balaban J connectivity index is 2.27. The van der Waals surface area contributed by atoms with E-state index in [4.69, 9.17) is 16.3 Å². The van der Waals surface area contributed by atoms with Crippen molar-refractivity contribution in [1.29, 1.82) is 0 Å². The van der Waals surface area contributed by atoms with Crippen molar-refractivity contribution in [2.75, 3.05) is 13.2 Å². The number of rotatable bonds is 2. The molecule has 3 unspecified atom stereocenters. The van der Waals surface area contributed by atoms with Crippen LogP contribution in [0, 0.1) is 25.7 Å². The van der Waals surface area contributed by atoms with E-state index in [2.05, 4.69) is 13.8 Å². The third kappa shape index (κ3) is 2.71. The highest BCUT2D eigenvalue weighted by atomic mass is 35.5. The van der Waals surface area contributed by atoms with Gasteiger partial charge in [0.1, 0.15) is 0 Å². The van der Waals surface area contributed by atoms with Crippen molar-refractivity contribution in [1.82, 2.24) is 0 Å². The van der Waals surface area contributed by atoms with Gasteiger partial charge in [-0.3, -0.25) is 0 Å². The number of aliphatic hydroxyl groups excluding tert-OH is 1. The van der Waals surface area contributed by atoms with Gasteiger partial charge < -0.3 is 9.84 Å². The normalized spacial score (nSPS) is 26.1. The molecule has 0 radical (unpaired) electrons. The number of hydrogen-bond acceptors (Lipinski definition) is 2. The van der Waals surface area contributed by atoms with E-state index in [1.807, 2.05) is 19.1 Å². The summed E-state index contributed by atoms with van der Waals surface area (Å²) in [4.78, 5) is 0. The Labute approximate surface area is 114 Å². The molecule has 1 N–H and O–H groups in total. The highest BCUT2D eigenvalue weighted by Crippen LogP contribution is 2.37. The molecule has 1 fully saturated rings. The number of hydrogen-bond donors (Lipinski definition) is 1. The van der Waals surface area contributed by atoms with E-state index in [0.29, 0.717) is 10.9 Å². The minimum absolute atomic E-state index is 0.235. The van der Waals surface area contributed by atoms with E-state index in [0.717, 1.165) is 30.8 Å². The van der Waals surface area contributed by atoms with Crippen LogP contribution in [0.15, 0.2) is 12.1 Å². The molecular formula is C15H21ClO2. The van der Waals surface area contributed by atoms with Gasteiger partial charge in [0, 0.05) is 18.2 Å². The third-order valence-corrected chi connectivity index (χ3v) is 4.37. The molecule has 3 atom stereocenters. The fraction of sp³-hybridized carbons (Fsp3) is 0.600. The zero-order chi connectivity index (χ0) is 13.3. The molecule has 0 saturated carbocycles. The molecular weight excluding hydrogens is 248 g/mol. The number of ether oxygens (including phenoxy) is 1. The van der Waals surface area contributed by atoms with Gasteiger partial charge in [0.25, 0.3) is 0 Å². The molecule has 1 aromatic carbocycles. The van der Waals surface area contributed by atoms with Crippen LogP contribution < -0.4 is 0 Å². The quantitative estimate of drug-likeness (QED) is 0.887. The largest absolute Gasteiger partial charge is 0.388 e. The molecule has 2 rings (SSSR count). The Morgan fingerprint density at radius 1 is 1.33 bits per heavy atom. The maximum atomic E-state index is 10.6. The van der Waals surface area contributed by atoms with Crippen LogP contribution in [0.2, 0.25) is 5.02 Å². The summed E-state index contributed by atoms with van der Waals surface area (Å²) < 4.78 is 5.43. The number of aryl methyl sites for hydroxylation is 2. The van der Waals surface area contributed by atoms with Gasteiger partial charge in [-0.05, 0) is 54.9 Å². The van der Waals surface area contributed by atoms with Gasteiger partial charge in [-0.2, -0.15) is 0 Å². The van der Waals surface area contributed by atoms with Gasteiger partial charge in [-0.1, -0.05) is 24.6 Å². The van der Waals surface area contributed by atoms with Gasteiger partial charge in [0.2, 0.25) is 0 Å². The summed E-state index contributed by atoms with van der Waals surface area (Å²) in [5.41, 5.74) is 3.20. The lowest BCUT2D eigenvalue weighted by Crippen LogP contribution is -2.30. The van der Waals surface area contributed by atoms with Crippen LogP contribution in [-0.2, 0) is 4.74 Å². The summed E-state index contributed by atoms with van der Waals surface area (Å²) in [7, 11) is 0. The summed E-state index contributed by atoms with van der Waals surface area (Å²) >= 11 is 6.27. The van der Waals surface area contributed by atoms with Crippen LogP contribution in [-0.4, -0.2) is 18.3 Å². The molecule has 100 valence electrons. The molecule has 18 heavy (non-hydrogen) atoms. The number of halogens is 1. The molecule has 1 aliphatic rings. The molecule has 1 saturated heterocycles. The van der Waals surface area contributed by atoms with Gasteiger partial charge in [0.15, 0.2) is 0 Å². The van der Waals surface area contributed by atoms with E-state index >= 15 is 0 Å². The Bertz CT molecular complexity index is 431. The summed E-state index contributed by atoms with van der Waals surface area (Å²) in [5, 5.41) is 11.2. The maximum Gasteiger partial charge on any atom is 0.0836 e. The van der Waals surface area contributed by atoms with E-state index < -0.39 is 6.10 Å². The highest BCUT2D eigenvalue weighted by molar-refractivity contribution is 6.31. The Hall–Kier alpha value is -0.570. The first kappa shape index (κ1) is 13.9. The van der Waals surface area contributed by atoms with Crippen LogP contribution in [0.25, 0.3) is 0 Å². The summed E-state index contributed by atoms with van der Waals surface area (Å²) in [6.07, 6.45) is 0.404. The minimum atomic E-state index is -0.490. The average molecular weight is 269 g/mol. The minimum Gasteiger partial charge on any atom is -0.388 e. The fourth-order valence-corrected chi connectivity index (χ4v) is 2.96. The van der Waals surface area contributed by atoms with Crippen LogP contribution in [0.3, 0.4) is 0 Å². The first-order chi connectivity index (χ1) is 8.50. The van der Waals surface area contributed by atoms with Crippen molar-refractivity contribution in [3.63, 3.8) is 0 Å². The lowest BCUT2D eigenvalue weighted by molar-refractivity contribution is -0.0309. The predicted molar refractivity (Wildman–Crippen MR) is 74.0 cm³/mol. The van der Waals surface area contributed by atoms with Crippen LogP contribution in [0.1, 0.15) is 36.1 Å². The summed E-state index contributed by atoms with van der Waals surface area (Å²) in [6, 6.07) is 3.96. The van der Waals surface area contributed by atoms with Gasteiger partial charge in [-0.25, -0.2) is 0 Å². The first-order valence-corrected chi connectivity index (χ1v) is 6.91. The molecule has 3 heteroatoms. The first-order valence-electron chi connectivity index (χ1n) is 6.53. The smallest absolute Gasteiger partial charge is 0.0836 e. The number of aliphatic hydroxyl groups is 1. The standard InChI is InChI=1S/C15H21ClO2/c1-9-6-13(14(16)7-10(9)2)15(17)12-4-5-18-8-11(12)3/h6-7,11-12,15,17H,4-5,8H2,1-3H3. The average Bonchev–Trinajstić information content (AvgIpc) is 2.33. The van der Waals surface area contributed by atoms with Crippen molar-refractivity contribution in [3.05, 3.63) is 33.8 Å². The van der Waals surface area contributed by atoms with Crippen LogP contribution in [0.5, 0.6) is 0 Å². The molecule has 0 aromatic heterocycles. The van der Waals surface area contributed by atoms with Crippen molar-refractivity contribution in [2.45, 2.75) is 33.3 Å². The van der Waals surface area contributed by atoms with Crippen molar-refractivity contribution in [3.8, 4) is 0 Å². The highest BCUT2D eigenvalue weighted by Gasteiger charge is 2.30. The lowest BCUT2D eigenvalue weighted by atomic mass is 9.82. The maximum absolute atomic E-state index is 10.6. The Morgan fingerprint density at radius 2 is 2.00 bits per heavy atom. The van der Waals surface area contributed by atoms with Crippen LogP contribution >= 0.6 is 11.6 Å².